The third-order valence-electron chi connectivity index (χ3n) is 3.83. The molecule has 0 heterocycles. The summed E-state index contributed by atoms with van der Waals surface area (Å²) in [6.45, 7) is 0. The first-order chi connectivity index (χ1) is 9.00. The molecule has 0 aliphatic heterocycles. The van der Waals surface area contributed by atoms with Gasteiger partial charge in [-0.1, -0.05) is 18.9 Å². The zero-order chi connectivity index (χ0) is 14.0. The van der Waals surface area contributed by atoms with Gasteiger partial charge in [0.15, 0.2) is 0 Å². The summed E-state index contributed by atoms with van der Waals surface area (Å²) < 4.78 is 13.5. The lowest BCUT2D eigenvalue weighted by molar-refractivity contribution is -0.147. The lowest BCUT2D eigenvalue weighted by Gasteiger charge is -2.32. The molecular formula is C14H16BrFO3. The standard InChI is InChI=1S/C14H16BrFO3/c15-11-7-8(5-6-12(11)16)13(17)9-3-1-2-4-10(9)14(18)19/h5-7,9-10,13,17H,1-4H2,(H,18,19). The summed E-state index contributed by atoms with van der Waals surface area (Å²) in [4.78, 5) is 11.2. The molecule has 2 N–H and O–H groups in total. The fourth-order valence-corrected chi connectivity index (χ4v) is 3.18. The maximum Gasteiger partial charge on any atom is 0.306 e. The van der Waals surface area contributed by atoms with E-state index in [0.29, 0.717) is 18.4 Å². The Morgan fingerprint density at radius 3 is 2.68 bits per heavy atom. The van der Waals surface area contributed by atoms with Crippen LogP contribution in [0.2, 0.25) is 0 Å². The molecular weight excluding hydrogens is 315 g/mol. The summed E-state index contributed by atoms with van der Waals surface area (Å²) in [5, 5.41) is 19.6. The molecule has 2 rings (SSSR count). The Bertz CT molecular complexity index is 478. The number of hydrogen-bond donors (Lipinski definition) is 2. The van der Waals surface area contributed by atoms with Gasteiger partial charge in [-0.15, -0.1) is 0 Å². The summed E-state index contributed by atoms with van der Waals surface area (Å²) in [6, 6.07) is 4.31. The molecule has 1 fully saturated rings. The van der Waals surface area contributed by atoms with Crippen LogP contribution in [0.25, 0.3) is 0 Å². The number of benzene rings is 1. The molecule has 0 radical (unpaired) electrons. The first-order valence-electron chi connectivity index (χ1n) is 6.36. The maximum atomic E-state index is 13.2. The van der Waals surface area contributed by atoms with Crippen LogP contribution in [0.5, 0.6) is 0 Å². The average molecular weight is 331 g/mol. The van der Waals surface area contributed by atoms with Crippen LogP contribution >= 0.6 is 15.9 Å². The molecule has 0 spiro atoms. The molecule has 1 saturated carbocycles. The molecule has 1 aromatic rings. The highest BCUT2D eigenvalue weighted by Gasteiger charge is 2.36. The van der Waals surface area contributed by atoms with E-state index in [9.17, 15) is 19.4 Å². The summed E-state index contributed by atoms with van der Waals surface area (Å²) in [7, 11) is 0. The number of carboxylic acid groups (broad SMARTS) is 1. The molecule has 1 aliphatic rings. The molecule has 104 valence electrons. The van der Waals surface area contributed by atoms with Gasteiger partial charge in [-0.05, 0) is 46.5 Å². The summed E-state index contributed by atoms with van der Waals surface area (Å²) in [5.74, 6) is -2.07. The van der Waals surface area contributed by atoms with Crippen molar-refractivity contribution in [3.63, 3.8) is 0 Å². The number of rotatable bonds is 3. The predicted octanol–water partition coefficient (Wildman–Crippen LogP) is 3.51. The minimum atomic E-state index is -0.863. The van der Waals surface area contributed by atoms with Crippen molar-refractivity contribution in [1.29, 1.82) is 0 Å². The zero-order valence-electron chi connectivity index (χ0n) is 10.4. The Hall–Kier alpha value is -0.940. The highest BCUT2D eigenvalue weighted by molar-refractivity contribution is 9.10. The van der Waals surface area contributed by atoms with Crippen LogP contribution in [-0.4, -0.2) is 16.2 Å². The number of halogens is 2. The summed E-state index contributed by atoms with van der Waals surface area (Å²) in [6.07, 6.45) is 2.23. The number of aliphatic carboxylic acids is 1. The normalized spacial score (nSPS) is 25.0. The van der Waals surface area contributed by atoms with Crippen molar-refractivity contribution in [2.24, 2.45) is 11.8 Å². The van der Waals surface area contributed by atoms with Gasteiger partial charge in [-0.3, -0.25) is 4.79 Å². The summed E-state index contributed by atoms with van der Waals surface area (Å²) >= 11 is 3.08. The Balaban J connectivity index is 2.23. The fraction of sp³-hybridized carbons (Fsp3) is 0.500. The van der Waals surface area contributed by atoms with Gasteiger partial charge in [-0.25, -0.2) is 4.39 Å². The molecule has 0 aromatic heterocycles. The minimum absolute atomic E-state index is 0.284. The largest absolute Gasteiger partial charge is 0.481 e. The van der Waals surface area contributed by atoms with Crippen LogP contribution in [0.3, 0.4) is 0 Å². The second kappa shape index (κ2) is 6.01. The molecule has 1 aliphatic carbocycles. The van der Waals surface area contributed by atoms with Crippen molar-refractivity contribution in [1.82, 2.24) is 0 Å². The van der Waals surface area contributed by atoms with Crippen LogP contribution in [0.15, 0.2) is 22.7 Å². The van der Waals surface area contributed by atoms with Crippen molar-refractivity contribution < 1.29 is 19.4 Å². The van der Waals surface area contributed by atoms with E-state index in [1.165, 1.54) is 18.2 Å². The highest BCUT2D eigenvalue weighted by atomic mass is 79.9. The minimum Gasteiger partial charge on any atom is -0.481 e. The molecule has 0 saturated heterocycles. The second-order valence-electron chi connectivity index (χ2n) is 5.01. The third-order valence-corrected chi connectivity index (χ3v) is 4.44. The van der Waals surface area contributed by atoms with Crippen molar-refractivity contribution in [2.75, 3.05) is 0 Å². The van der Waals surface area contributed by atoms with E-state index < -0.39 is 23.8 Å². The van der Waals surface area contributed by atoms with Crippen molar-refractivity contribution in [3.05, 3.63) is 34.1 Å². The van der Waals surface area contributed by atoms with Crippen LogP contribution in [0.4, 0.5) is 4.39 Å². The van der Waals surface area contributed by atoms with Crippen molar-refractivity contribution >= 4 is 21.9 Å². The predicted molar refractivity (Wildman–Crippen MR) is 72.1 cm³/mol. The lowest BCUT2D eigenvalue weighted by Crippen LogP contribution is -2.31. The van der Waals surface area contributed by atoms with E-state index in [0.717, 1.165) is 12.8 Å². The van der Waals surface area contributed by atoms with E-state index in [1.807, 2.05) is 0 Å². The average Bonchev–Trinajstić information content (AvgIpc) is 2.41. The molecule has 3 nitrogen and oxygen atoms in total. The van der Waals surface area contributed by atoms with Gasteiger partial charge in [0.2, 0.25) is 0 Å². The second-order valence-corrected chi connectivity index (χ2v) is 5.87. The van der Waals surface area contributed by atoms with Gasteiger partial charge >= 0.3 is 5.97 Å². The molecule has 5 heteroatoms. The van der Waals surface area contributed by atoms with Crippen molar-refractivity contribution in [2.45, 2.75) is 31.8 Å². The number of carboxylic acids is 1. The number of aliphatic hydroxyl groups excluding tert-OH is 1. The van der Waals surface area contributed by atoms with E-state index in [2.05, 4.69) is 15.9 Å². The summed E-state index contributed by atoms with van der Waals surface area (Å²) in [5.41, 5.74) is 0.562. The topological polar surface area (TPSA) is 57.5 Å². The lowest BCUT2D eigenvalue weighted by atomic mass is 9.74. The highest BCUT2D eigenvalue weighted by Crippen LogP contribution is 2.39. The number of aliphatic hydroxyl groups is 1. The molecule has 1 aromatic carbocycles. The zero-order valence-corrected chi connectivity index (χ0v) is 11.9. The maximum absolute atomic E-state index is 13.2. The van der Waals surface area contributed by atoms with E-state index in [-0.39, 0.29) is 10.4 Å². The Kier molecular flexibility index (Phi) is 4.58. The van der Waals surface area contributed by atoms with E-state index >= 15 is 0 Å². The van der Waals surface area contributed by atoms with Gasteiger partial charge in [0.05, 0.1) is 16.5 Å². The number of hydrogen-bond acceptors (Lipinski definition) is 2. The van der Waals surface area contributed by atoms with Gasteiger partial charge in [-0.2, -0.15) is 0 Å². The Morgan fingerprint density at radius 1 is 1.37 bits per heavy atom. The smallest absolute Gasteiger partial charge is 0.306 e. The monoisotopic (exact) mass is 330 g/mol. The SMILES string of the molecule is O=C(O)C1CCCCC1C(O)c1ccc(F)c(Br)c1. The quantitative estimate of drug-likeness (QED) is 0.891. The van der Waals surface area contributed by atoms with Gasteiger partial charge < -0.3 is 10.2 Å². The van der Waals surface area contributed by atoms with Crippen LogP contribution < -0.4 is 0 Å². The molecule has 3 atom stereocenters. The van der Waals surface area contributed by atoms with Crippen LogP contribution in [0.1, 0.15) is 37.4 Å². The number of carbonyl (C=O) groups is 1. The van der Waals surface area contributed by atoms with E-state index in [4.69, 9.17) is 0 Å². The molecule has 0 amide bonds. The van der Waals surface area contributed by atoms with Gasteiger partial charge in [0.1, 0.15) is 5.82 Å². The molecule has 0 bridgehead atoms. The van der Waals surface area contributed by atoms with E-state index in [1.54, 1.807) is 0 Å². The van der Waals surface area contributed by atoms with Crippen molar-refractivity contribution in [3.8, 4) is 0 Å². The third kappa shape index (κ3) is 3.15. The van der Waals surface area contributed by atoms with Gasteiger partial charge in [0.25, 0.3) is 0 Å². The fourth-order valence-electron chi connectivity index (χ4n) is 2.79. The van der Waals surface area contributed by atoms with Crippen LogP contribution in [0, 0.1) is 17.7 Å². The Labute approximate surface area is 119 Å². The van der Waals surface area contributed by atoms with Crippen LogP contribution in [-0.2, 0) is 4.79 Å². The Morgan fingerprint density at radius 2 is 2.05 bits per heavy atom. The molecule has 19 heavy (non-hydrogen) atoms. The van der Waals surface area contributed by atoms with Gasteiger partial charge in [0, 0.05) is 5.92 Å². The molecule has 3 unspecified atom stereocenters. The first-order valence-corrected chi connectivity index (χ1v) is 7.16. The first kappa shape index (κ1) is 14.5.